The molecule has 0 aliphatic rings. The lowest BCUT2D eigenvalue weighted by molar-refractivity contribution is -0.117. The van der Waals surface area contributed by atoms with Crippen LogP contribution in [0, 0.1) is 11.3 Å². The molecule has 0 aliphatic carbocycles. The Morgan fingerprint density at radius 1 is 1.42 bits per heavy atom. The Morgan fingerprint density at radius 3 is 2.58 bits per heavy atom. The van der Waals surface area contributed by atoms with Crippen LogP contribution >= 0.6 is 0 Å². The zero-order valence-corrected chi connectivity index (χ0v) is 11.1. The number of nitrogens with one attached hydrogen (secondary N) is 1. The van der Waals surface area contributed by atoms with Gasteiger partial charge in [0, 0.05) is 13.1 Å². The van der Waals surface area contributed by atoms with E-state index in [4.69, 9.17) is 10.4 Å². The summed E-state index contributed by atoms with van der Waals surface area (Å²) >= 11 is 0. The van der Waals surface area contributed by atoms with E-state index in [1.54, 1.807) is 12.1 Å². The third-order valence-corrected chi connectivity index (χ3v) is 2.41. The lowest BCUT2D eigenvalue weighted by Gasteiger charge is -2.09. The smallest absolute Gasteiger partial charge is 0.261 e. The summed E-state index contributed by atoms with van der Waals surface area (Å²) in [4.78, 5) is 13.7. The summed E-state index contributed by atoms with van der Waals surface area (Å²) in [5, 5.41) is 20.8. The van der Waals surface area contributed by atoms with Gasteiger partial charge in [0.05, 0.1) is 0 Å². The molecular formula is C14H17N3O2. The molecule has 1 aromatic rings. The van der Waals surface area contributed by atoms with Gasteiger partial charge < -0.3 is 15.3 Å². The van der Waals surface area contributed by atoms with Crippen LogP contribution in [0.4, 0.5) is 0 Å². The minimum absolute atomic E-state index is 0.0458. The van der Waals surface area contributed by atoms with Crippen molar-refractivity contribution in [1.82, 2.24) is 10.2 Å². The number of phenols is 1. The topological polar surface area (TPSA) is 76.4 Å². The third-order valence-electron chi connectivity index (χ3n) is 2.41. The molecule has 0 fully saturated rings. The molecule has 0 spiro atoms. The SMILES string of the molecule is CN(C)CCNC(=O)/C(C#N)=C/c1ccc(O)cc1. The predicted octanol–water partition coefficient (Wildman–Crippen LogP) is 0.977. The highest BCUT2D eigenvalue weighted by molar-refractivity contribution is 6.01. The average molecular weight is 259 g/mol. The zero-order valence-electron chi connectivity index (χ0n) is 11.1. The molecule has 0 saturated heterocycles. The molecule has 0 unspecified atom stereocenters. The summed E-state index contributed by atoms with van der Waals surface area (Å²) in [5.74, 6) is -0.247. The Balaban J connectivity index is 2.69. The number of hydrogen-bond donors (Lipinski definition) is 2. The number of nitrogens with zero attached hydrogens (tertiary/aromatic N) is 2. The van der Waals surface area contributed by atoms with Gasteiger partial charge in [-0.15, -0.1) is 0 Å². The standard InChI is InChI=1S/C14H17N3O2/c1-17(2)8-7-16-14(19)12(10-15)9-11-3-5-13(18)6-4-11/h3-6,9,18H,7-8H2,1-2H3,(H,16,19)/b12-9+. The van der Waals surface area contributed by atoms with Crippen LogP contribution in [0.25, 0.3) is 6.08 Å². The minimum atomic E-state index is -0.391. The van der Waals surface area contributed by atoms with Crippen LogP contribution in [-0.4, -0.2) is 43.1 Å². The van der Waals surface area contributed by atoms with E-state index >= 15 is 0 Å². The van der Waals surface area contributed by atoms with Crippen LogP contribution in [-0.2, 0) is 4.79 Å². The van der Waals surface area contributed by atoms with Gasteiger partial charge in [0.25, 0.3) is 5.91 Å². The first-order valence-electron chi connectivity index (χ1n) is 5.86. The Bertz CT molecular complexity index is 498. The van der Waals surface area contributed by atoms with E-state index < -0.39 is 5.91 Å². The van der Waals surface area contributed by atoms with Crippen LogP contribution in [0.2, 0.25) is 0 Å². The van der Waals surface area contributed by atoms with Gasteiger partial charge in [0.15, 0.2) is 0 Å². The molecule has 1 amide bonds. The number of likely N-dealkylation sites (N-methyl/N-ethyl adjacent to an activating group) is 1. The third kappa shape index (κ3) is 5.23. The van der Waals surface area contributed by atoms with Gasteiger partial charge in [-0.1, -0.05) is 12.1 Å². The maximum absolute atomic E-state index is 11.8. The summed E-state index contributed by atoms with van der Waals surface area (Å²) in [7, 11) is 3.81. The molecule has 0 saturated carbocycles. The molecule has 19 heavy (non-hydrogen) atoms. The summed E-state index contributed by atoms with van der Waals surface area (Å²) in [6, 6.07) is 8.16. The van der Waals surface area contributed by atoms with Gasteiger partial charge in [-0.05, 0) is 37.9 Å². The van der Waals surface area contributed by atoms with Gasteiger partial charge in [-0.25, -0.2) is 0 Å². The molecular weight excluding hydrogens is 242 g/mol. The summed E-state index contributed by atoms with van der Waals surface area (Å²) in [6.07, 6.45) is 1.49. The monoisotopic (exact) mass is 259 g/mol. The van der Waals surface area contributed by atoms with E-state index in [1.807, 2.05) is 25.1 Å². The molecule has 0 heterocycles. The number of benzene rings is 1. The number of phenolic OH excluding ortho intramolecular Hbond substituents is 1. The van der Waals surface area contributed by atoms with E-state index in [9.17, 15) is 4.79 Å². The molecule has 1 rings (SSSR count). The first kappa shape index (κ1) is 14.7. The van der Waals surface area contributed by atoms with E-state index in [1.165, 1.54) is 18.2 Å². The van der Waals surface area contributed by atoms with E-state index in [-0.39, 0.29) is 11.3 Å². The number of carbonyl (C=O) groups is 1. The first-order chi connectivity index (χ1) is 9.02. The van der Waals surface area contributed by atoms with Crippen molar-refractivity contribution in [2.45, 2.75) is 0 Å². The molecule has 0 aromatic heterocycles. The molecule has 1 aromatic carbocycles. The molecule has 0 radical (unpaired) electrons. The van der Waals surface area contributed by atoms with Crippen LogP contribution in [0.5, 0.6) is 5.75 Å². The maximum Gasteiger partial charge on any atom is 0.261 e. The molecule has 100 valence electrons. The number of aromatic hydroxyl groups is 1. The number of rotatable bonds is 5. The summed E-state index contributed by atoms with van der Waals surface area (Å²) in [6.45, 7) is 1.20. The minimum Gasteiger partial charge on any atom is -0.508 e. The van der Waals surface area contributed by atoms with E-state index in [0.29, 0.717) is 18.7 Å². The average Bonchev–Trinajstić information content (AvgIpc) is 2.37. The molecule has 0 bridgehead atoms. The Morgan fingerprint density at radius 2 is 2.05 bits per heavy atom. The van der Waals surface area contributed by atoms with Crippen molar-refractivity contribution >= 4 is 12.0 Å². The number of nitriles is 1. The second-order valence-corrected chi connectivity index (χ2v) is 4.32. The Kier molecular flexibility index (Phi) is 5.58. The summed E-state index contributed by atoms with van der Waals surface area (Å²) < 4.78 is 0. The van der Waals surface area contributed by atoms with Crippen LogP contribution in [0.3, 0.4) is 0 Å². The van der Waals surface area contributed by atoms with Crippen molar-refractivity contribution in [3.8, 4) is 11.8 Å². The second-order valence-electron chi connectivity index (χ2n) is 4.32. The highest BCUT2D eigenvalue weighted by Gasteiger charge is 2.08. The largest absolute Gasteiger partial charge is 0.508 e. The van der Waals surface area contributed by atoms with E-state index in [2.05, 4.69) is 5.32 Å². The van der Waals surface area contributed by atoms with Gasteiger partial charge in [-0.3, -0.25) is 4.79 Å². The summed E-state index contributed by atoms with van der Waals surface area (Å²) in [5.41, 5.74) is 0.738. The number of carbonyl (C=O) groups excluding carboxylic acids is 1. The molecule has 5 nitrogen and oxygen atoms in total. The van der Waals surface area contributed by atoms with Gasteiger partial charge in [-0.2, -0.15) is 5.26 Å². The van der Waals surface area contributed by atoms with Crippen LogP contribution in [0.15, 0.2) is 29.8 Å². The van der Waals surface area contributed by atoms with Crippen LogP contribution < -0.4 is 5.32 Å². The maximum atomic E-state index is 11.8. The zero-order chi connectivity index (χ0) is 14.3. The van der Waals surface area contributed by atoms with Crippen molar-refractivity contribution < 1.29 is 9.90 Å². The normalized spacial score (nSPS) is 11.2. The van der Waals surface area contributed by atoms with Crippen molar-refractivity contribution in [3.05, 3.63) is 35.4 Å². The predicted molar refractivity (Wildman–Crippen MR) is 73.3 cm³/mol. The highest BCUT2D eigenvalue weighted by Crippen LogP contribution is 2.12. The fourth-order valence-corrected chi connectivity index (χ4v) is 1.37. The van der Waals surface area contributed by atoms with Gasteiger partial charge >= 0.3 is 0 Å². The lowest BCUT2D eigenvalue weighted by Crippen LogP contribution is -2.31. The molecule has 0 aliphatic heterocycles. The Labute approximate surface area is 112 Å². The van der Waals surface area contributed by atoms with Crippen molar-refractivity contribution in [3.63, 3.8) is 0 Å². The Hall–Kier alpha value is -2.32. The van der Waals surface area contributed by atoms with Crippen molar-refractivity contribution in [2.75, 3.05) is 27.2 Å². The number of hydrogen-bond acceptors (Lipinski definition) is 4. The highest BCUT2D eigenvalue weighted by atomic mass is 16.3. The molecule has 2 N–H and O–H groups in total. The van der Waals surface area contributed by atoms with Gasteiger partial charge in [0.1, 0.15) is 17.4 Å². The quantitative estimate of drug-likeness (QED) is 0.610. The fourth-order valence-electron chi connectivity index (χ4n) is 1.37. The van der Waals surface area contributed by atoms with Crippen molar-refractivity contribution in [2.24, 2.45) is 0 Å². The second kappa shape index (κ2) is 7.19. The molecule has 0 atom stereocenters. The van der Waals surface area contributed by atoms with Gasteiger partial charge in [0.2, 0.25) is 0 Å². The first-order valence-corrected chi connectivity index (χ1v) is 5.86. The van der Waals surface area contributed by atoms with Crippen molar-refractivity contribution in [1.29, 1.82) is 5.26 Å². The lowest BCUT2D eigenvalue weighted by atomic mass is 10.1. The fraction of sp³-hybridized carbons (Fsp3) is 0.286. The van der Waals surface area contributed by atoms with E-state index in [0.717, 1.165) is 0 Å². The molecule has 5 heteroatoms. The van der Waals surface area contributed by atoms with Crippen LogP contribution in [0.1, 0.15) is 5.56 Å². The number of amides is 1.